The summed E-state index contributed by atoms with van der Waals surface area (Å²) < 4.78 is 28.7. The summed E-state index contributed by atoms with van der Waals surface area (Å²) in [7, 11) is -3.88. The van der Waals surface area contributed by atoms with Crippen LogP contribution in [0.25, 0.3) is 11.3 Å². The van der Waals surface area contributed by atoms with Gasteiger partial charge < -0.3 is 5.32 Å². The monoisotopic (exact) mass is 548 g/mol. The van der Waals surface area contributed by atoms with Crippen LogP contribution in [0.3, 0.4) is 0 Å². The number of hydrogen-bond donors (Lipinski definition) is 1. The van der Waals surface area contributed by atoms with Gasteiger partial charge in [-0.1, -0.05) is 65.9 Å². The van der Waals surface area contributed by atoms with Crippen LogP contribution < -0.4 is 9.62 Å². The fourth-order valence-corrected chi connectivity index (χ4v) is 6.64. The molecule has 7 nitrogen and oxygen atoms in total. The predicted molar refractivity (Wildman–Crippen MR) is 150 cm³/mol. The van der Waals surface area contributed by atoms with E-state index in [0.717, 1.165) is 33.5 Å². The molecule has 4 aromatic rings. The lowest BCUT2D eigenvalue weighted by atomic mass is 10.1. The largest absolute Gasteiger partial charge is 0.325 e. The van der Waals surface area contributed by atoms with Gasteiger partial charge in [-0.25, -0.2) is 18.4 Å². The highest BCUT2D eigenvalue weighted by Gasteiger charge is 2.36. The lowest BCUT2D eigenvalue weighted by molar-refractivity contribution is -0.113. The van der Waals surface area contributed by atoms with Crippen LogP contribution in [0.5, 0.6) is 0 Å². The molecule has 1 N–H and O–H groups in total. The zero-order valence-corrected chi connectivity index (χ0v) is 22.7. The molecule has 1 amide bonds. The summed E-state index contributed by atoms with van der Waals surface area (Å²) in [6, 6.07) is 22.7. The zero-order valence-electron chi connectivity index (χ0n) is 20.2. The van der Waals surface area contributed by atoms with Crippen molar-refractivity contribution >= 4 is 50.8 Å². The number of fused-ring (bicyclic) bond motifs is 3. The van der Waals surface area contributed by atoms with E-state index in [1.807, 2.05) is 79.9 Å². The number of hydrogen-bond acceptors (Lipinski definition) is 7. The van der Waals surface area contributed by atoms with Crippen molar-refractivity contribution in [2.24, 2.45) is 0 Å². The molecule has 0 fully saturated rings. The third-order valence-corrected chi connectivity index (χ3v) is 9.21. The van der Waals surface area contributed by atoms with Crippen molar-refractivity contribution in [1.82, 2.24) is 9.97 Å². The van der Waals surface area contributed by atoms with Crippen LogP contribution in [0.2, 0.25) is 0 Å². The third kappa shape index (κ3) is 5.36. The molecule has 0 bridgehead atoms. The van der Waals surface area contributed by atoms with Crippen molar-refractivity contribution in [3.8, 4) is 11.3 Å². The number of carbonyl (C=O) groups is 1. The average molecular weight is 549 g/mol. The maximum Gasteiger partial charge on any atom is 0.268 e. The van der Waals surface area contributed by atoms with Gasteiger partial charge in [0.05, 0.1) is 29.9 Å². The molecule has 0 unspecified atom stereocenters. The van der Waals surface area contributed by atoms with E-state index in [1.54, 1.807) is 17.8 Å². The second-order valence-electron chi connectivity index (χ2n) is 8.45. The van der Waals surface area contributed by atoms with Crippen LogP contribution in [0.1, 0.15) is 11.1 Å². The zero-order chi connectivity index (χ0) is 26.0. The topological polar surface area (TPSA) is 92.3 Å². The van der Waals surface area contributed by atoms with E-state index in [0.29, 0.717) is 22.1 Å². The number of aryl methyl sites for hydroxylation is 1. The number of anilines is 2. The van der Waals surface area contributed by atoms with Gasteiger partial charge in [-0.05, 0) is 43.0 Å². The van der Waals surface area contributed by atoms with Gasteiger partial charge in [-0.15, -0.1) is 11.8 Å². The van der Waals surface area contributed by atoms with Gasteiger partial charge in [-0.3, -0.25) is 9.10 Å². The fourth-order valence-electron chi connectivity index (χ4n) is 4.00. The van der Waals surface area contributed by atoms with Gasteiger partial charge in [-0.2, -0.15) is 0 Å². The van der Waals surface area contributed by atoms with E-state index in [-0.39, 0.29) is 23.1 Å². The highest BCUT2D eigenvalue weighted by atomic mass is 32.2. The number of carbonyl (C=O) groups excluding carboxylic acids is 1. The van der Waals surface area contributed by atoms with Crippen molar-refractivity contribution in [2.45, 2.75) is 28.4 Å². The quantitative estimate of drug-likeness (QED) is 0.237. The molecule has 0 saturated carbocycles. The first-order chi connectivity index (χ1) is 17.8. The van der Waals surface area contributed by atoms with E-state index in [4.69, 9.17) is 0 Å². The Morgan fingerprint density at radius 2 is 1.81 bits per heavy atom. The Labute approximate surface area is 224 Å². The number of nitrogens with zero attached hydrogens (tertiary/aromatic N) is 3. The van der Waals surface area contributed by atoms with Crippen LogP contribution in [0.15, 0.2) is 93.9 Å². The van der Waals surface area contributed by atoms with E-state index >= 15 is 0 Å². The fraction of sp³-hybridized carbons (Fsp3) is 0.148. The highest BCUT2D eigenvalue weighted by molar-refractivity contribution is 7.99. The molecule has 1 aromatic heterocycles. The Bertz CT molecular complexity index is 1570. The maximum absolute atomic E-state index is 13.6. The molecular weight excluding hydrogens is 525 g/mol. The molecule has 0 radical (unpaired) electrons. The summed E-state index contributed by atoms with van der Waals surface area (Å²) in [5, 5.41) is 3.22. The summed E-state index contributed by atoms with van der Waals surface area (Å²) in [6.45, 7) is 2.19. The van der Waals surface area contributed by atoms with E-state index in [9.17, 15) is 13.2 Å². The standard InChI is InChI=1S/C27H24N4O3S3/c1-18-10-12-19(13-11-18)16-31-23-9-4-3-8-22(23)26-24(37(31,33)34)15-28-27(30-26)36-17-25(32)29-20-6-5-7-21(14-20)35-2/h3-15H,16-17H2,1-2H3,(H,29,32). The minimum absolute atomic E-state index is 0.0565. The van der Waals surface area contributed by atoms with Gasteiger partial charge in [0, 0.05) is 16.1 Å². The van der Waals surface area contributed by atoms with Crippen LogP contribution in [-0.4, -0.2) is 36.3 Å². The molecule has 1 aliphatic heterocycles. The summed E-state index contributed by atoms with van der Waals surface area (Å²) >= 11 is 2.76. The Morgan fingerprint density at radius 3 is 2.59 bits per heavy atom. The van der Waals surface area contributed by atoms with Crippen molar-refractivity contribution in [3.63, 3.8) is 0 Å². The van der Waals surface area contributed by atoms with Gasteiger partial charge in [0.1, 0.15) is 4.90 Å². The van der Waals surface area contributed by atoms with Crippen molar-refractivity contribution in [3.05, 3.63) is 90.1 Å². The van der Waals surface area contributed by atoms with Gasteiger partial charge in [0.2, 0.25) is 5.91 Å². The molecule has 5 rings (SSSR count). The van der Waals surface area contributed by atoms with Crippen molar-refractivity contribution < 1.29 is 13.2 Å². The normalized spacial score (nSPS) is 13.5. The number of benzene rings is 3. The van der Waals surface area contributed by atoms with E-state index < -0.39 is 10.0 Å². The maximum atomic E-state index is 13.6. The predicted octanol–water partition coefficient (Wildman–Crippen LogP) is 5.61. The second kappa shape index (κ2) is 10.6. The molecule has 10 heteroatoms. The molecule has 188 valence electrons. The number of amides is 1. The molecule has 0 aliphatic carbocycles. The van der Waals surface area contributed by atoms with Crippen LogP contribution in [-0.2, 0) is 21.4 Å². The average Bonchev–Trinajstić information content (AvgIpc) is 2.91. The van der Waals surface area contributed by atoms with Gasteiger partial charge in [0.25, 0.3) is 10.0 Å². The van der Waals surface area contributed by atoms with Crippen LogP contribution >= 0.6 is 23.5 Å². The van der Waals surface area contributed by atoms with E-state index in [1.165, 1.54) is 10.5 Å². The number of rotatable bonds is 7. The molecule has 2 heterocycles. The first-order valence-corrected chi connectivity index (χ1v) is 15.1. The van der Waals surface area contributed by atoms with E-state index in [2.05, 4.69) is 15.3 Å². The number of thioether (sulfide) groups is 2. The highest BCUT2D eigenvalue weighted by Crippen LogP contribution is 2.42. The smallest absolute Gasteiger partial charge is 0.268 e. The molecule has 3 aromatic carbocycles. The van der Waals surface area contributed by atoms with Crippen LogP contribution in [0, 0.1) is 6.92 Å². The Hall–Kier alpha value is -3.34. The van der Waals surface area contributed by atoms with Crippen LogP contribution in [0.4, 0.5) is 11.4 Å². The Morgan fingerprint density at radius 1 is 1.03 bits per heavy atom. The molecule has 37 heavy (non-hydrogen) atoms. The molecule has 1 aliphatic rings. The minimum atomic E-state index is -3.88. The summed E-state index contributed by atoms with van der Waals surface area (Å²) in [4.78, 5) is 22.5. The lowest BCUT2D eigenvalue weighted by Crippen LogP contribution is -2.34. The number of aromatic nitrogens is 2. The third-order valence-electron chi connectivity index (χ3n) is 5.86. The number of sulfonamides is 1. The molecular formula is C27H24N4O3S3. The lowest BCUT2D eigenvalue weighted by Gasteiger charge is -2.31. The van der Waals surface area contributed by atoms with Gasteiger partial charge >= 0.3 is 0 Å². The first kappa shape index (κ1) is 25.3. The summed E-state index contributed by atoms with van der Waals surface area (Å²) in [5.41, 5.74) is 4.34. The Kier molecular flexibility index (Phi) is 7.23. The number of para-hydroxylation sites is 1. The summed E-state index contributed by atoms with van der Waals surface area (Å²) in [6.07, 6.45) is 3.32. The molecule has 0 atom stereocenters. The first-order valence-electron chi connectivity index (χ1n) is 11.5. The molecule has 0 saturated heterocycles. The minimum Gasteiger partial charge on any atom is -0.325 e. The second-order valence-corrected chi connectivity index (χ2v) is 12.1. The van der Waals surface area contributed by atoms with Crippen molar-refractivity contribution in [1.29, 1.82) is 0 Å². The Balaban J connectivity index is 1.39. The van der Waals surface area contributed by atoms with Crippen molar-refractivity contribution in [2.75, 3.05) is 21.6 Å². The van der Waals surface area contributed by atoms with Gasteiger partial charge in [0.15, 0.2) is 5.16 Å². The summed E-state index contributed by atoms with van der Waals surface area (Å²) in [5.74, 6) is -0.0992. The number of nitrogens with one attached hydrogen (secondary N) is 1. The SMILES string of the molecule is CSc1cccc(NC(=O)CSc2ncc3c(n2)-c2ccccc2N(Cc2ccc(C)cc2)S3(=O)=O)c1. The molecule has 0 spiro atoms.